The number of H-pyrrole nitrogens is 1. The summed E-state index contributed by atoms with van der Waals surface area (Å²) < 4.78 is 15.7. The molecule has 34 heavy (non-hydrogen) atoms. The molecule has 7 rings (SSSR count). The van der Waals surface area contributed by atoms with E-state index < -0.39 is 0 Å². The quantitative estimate of drug-likeness (QED) is 0.344. The summed E-state index contributed by atoms with van der Waals surface area (Å²) in [6.07, 6.45) is 3.09. The molecule has 5 nitrogen and oxygen atoms in total. The zero-order chi connectivity index (χ0) is 22.8. The number of anilines is 1. The first-order chi connectivity index (χ1) is 16.7. The fourth-order valence-corrected chi connectivity index (χ4v) is 5.61. The number of imidazole rings is 1. The van der Waals surface area contributed by atoms with Gasteiger partial charge in [0.2, 0.25) is 5.95 Å². The Labute approximate surface area is 194 Å². The Balaban J connectivity index is 1.44. The number of fused-ring (bicyclic) bond motifs is 4. The van der Waals surface area contributed by atoms with E-state index in [1.807, 2.05) is 36.5 Å². The predicted molar refractivity (Wildman–Crippen MR) is 130 cm³/mol. The van der Waals surface area contributed by atoms with Gasteiger partial charge in [0.15, 0.2) is 5.78 Å². The molecule has 2 N–H and O–H groups in total. The fraction of sp³-hybridized carbons (Fsp3) is 0.143. The number of Topliss-reactive ketones (excluding diaryl/α,β-unsaturated/α-hetero) is 1. The third-order valence-corrected chi connectivity index (χ3v) is 7.16. The van der Waals surface area contributed by atoms with Gasteiger partial charge >= 0.3 is 0 Å². The van der Waals surface area contributed by atoms with Crippen molar-refractivity contribution >= 4 is 33.7 Å². The van der Waals surface area contributed by atoms with E-state index in [4.69, 9.17) is 4.98 Å². The van der Waals surface area contributed by atoms with E-state index in [9.17, 15) is 9.18 Å². The molecule has 1 aliphatic carbocycles. The molecular weight excluding hydrogens is 427 g/mol. The van der Waals surface area contributed by atoms with E-state index in [0.29, 0.717) is 12.8 Å². The highest BCUT2D eigenvalue weighted by atomic mass is 19.1. The minimum atomic E-state index is -0.281. The number of ketones is 1. The second-order valence-electron chi connectivity index (χ2n) is 9.08. The first-order valence-corrected chi connectivity index (χ1v) is 11.5. The maximum atomic E-state index is 13.8. The molecule has 0 radical (unpaired) electrons. The van der Waals surface area contributed by atoms with Gasteiger partial charge in [-0.3, -0.25) is 9.36 Å². The number of aromatic nitrogens is 3. The average Bonchev–Trinajstić information content (AvgIpc) is 3.44. The standard InChI is InChI=1S/C28H21FN4O/c29-18-11-9-16(10-12-18)17-13-23-26(25(34)14-17)27(20-15-30-21-6-2-1-5-19(20)21)33-24-8-4-3-7-22(24)31-28(33)32-23/h1-12,15,17,27,30H,13-14H2,(H,31,32)/t17-,27+/m0/s1. The largest absolute Gasteiger partial charge is 0.361 e. The summed E-state index contributed by atoms with van der Waals surface area (Å²) in [5.41, 5.74) is 6.64. The zero-order valence-electron chi connectivity index (χ0n) is 18.3. The molecule has 0 fully saturated rings. The molecule has 2 aliphatic rings. The smallest absolute Gasteiger partial charge is 0.209 e. The molecule has 3 aromatic carbocycles. The second-order valence-corrected chi connectivity index (χ2v) is 9.08. The number of carbonyl (C=O) groups excluding carboxylic acids is 1. The Morgan fingerprint density at radius 1 is 0.941 bits per heavy atom. The zero-order valence-corrected chi connectivity index (χ0v) is 18.3. The minimum absolute atomic E-state index is 0.00102. The number of allylic oxidation sites excluding steroid dienone is 2. The maximum Gasteiger partial charge on any atom is 0.209 e. The van der Waals surface area contributed by atoms with Crippen molar-refractivity contribution in [3.8, 4) is 0 Å². The van der Waals surface area contributed by atoms with Gasteiger partial charge in [0.25, 0.3) is 0 Å². The van der Waals surface area contributed by atoms with Crippen LogP contribution in [0.2, 0.25) is 0 Å². The van der Waals surface area contributed by atoms with Gasteiger partial charge in [-0.2, -0.15) is 0 Å². The molecule has 2 atom stereocenters. The van der Waals surface area contributed by atoms with Gasteiger partial charge in [0, 0.05) is 40.4 Å². The molecule has 6 heteroatoms. The molecule has 5 aromatic rings. The molecule has 0 amide bonds. The van der Waals surface area contributed by atoms with Crippen molar-refractivity contribution in [3.63, 3.8) is 0 Å². The normalized spacial score (nSPS) is 19.9. The SMILES string of the molecule is O=C1C[C@@H](c2ccc(F)cc2)CC2=C1[C@@H](c1c[nH]c3ccccc13)n1c(nc3ccccc31)N2. The molecule has 0 saturated heterocycles. The summed E-state index contributed by atoms with van der Waals surface area (Å²) >= 11 is 0. The lowest BCUT2D eigenvalue weighted by atomic mass is 9.77. The van der Waals surface area contributed by atoms with Crippen LogP contribution in [-0.2, 0) is 4.79 Å². The van der Waals surface area contributed by atoms with Crippen LogP contribution < -0.4 is 5.32 Å². The topological polar surface area (TPSA) is 62.7 Å². The van der Waals surface area contributed by atoms with E-state index in [-0.39, 0.29) is 23.6 Å². The van der Waals surface area contributed by atoms with E-state index in [1.165, 1.54) is 12.1 Å². The number of hydrogen-bond donors (Lipinski definition) is 2. The highest BCUT2D eigenvalue weighted by molar-refractivity contribution is 6.02. The lowest BCUT2D eigenvalue weighted by Gasteiger charge is -2.36. The van der Waals surface area contributed by atoms with Crippen LogP contribution in [0.5, 0.6) is 0 Å². The van der Waals surface area contributed by atoms with Gasteiger partial charge in [0.1, 0.15) is 5.82 Å². The van der Waals surface area contributed by atoms with Crippen LogP contribution in [0.25, 0.3) is 21.9 Å². The average molecular weight is 449 g/mol. The minimum Gasteiger partial charge on any atom is -0.361 e. The van der Waals surface area contributed by atoms with E-state index >= 15 is 0 Å². The fourth-order valence-electron chi connectivity index (χ4n) is 5.61. The Kier molecular flexibility index (Phi) is 4.06. The molecule has 166 valence electrons. The Bertz CT molecular complexity index is 1630. The Morgan fingerprint density at radius 3 is 2.62 bits per heavy atom. The Morgan fingerprint density at radius 2 is 1.74 bits per heavy atom. The second kappa shape index (κ2) is 7.15. The molecular formula is C28H21FN4O. The molecule has 0 unspecified atom stereocenters. The number of carbonyl (C=O) groups is 1. The monoisotopic (exact) mass is 448 g/mol. The van der Waals surface area contributed by atoms with Gasteiger partial charge in [-0.15, -0.1) is 0 Å². The van der Waals surface area contributed by atoms with Crippen LogP contribution in [0.1, 0.15) is 35.9 Å². The number of benzene rings is 3. The van der Waals surface area contributed by atoms with Crippen molar-refractivity contribution in [2.24, 2.45) is 0 Å². The molecule has 0 bridgehead atoms. The third-order valence-electron chi connectivity index (χ3n) is 7.16. The van der Waals surface area contributed by atoms with Crippen LogP contribution in [0.15, 0.2) is 90.3 Å². The van der Waals surface area contributed by atoms with Crippen LogP contribution in [0.4, 0.5) is 10.3 Å². The van der Waals surface area contributed by atoms with E-state index in [0.717, 1.165) is 50.3 Å². The number of para-hydroxylation sites is 3. The van der Waals surface area contributed by atoms with Crippen LogP contribution in [0, 0.1) is 5.82 Å². The van der Waals surface area contributed by atoms with Crippen molar-refractivity contribution in [3.05, 3.63) is 107 Å². The van der Waals surface area contributed by atoms with Crippen molar-refractivity contribution in [2.75, 3.05) is 5.32 Å². The van der Waals surface area contributed by atoms with Crippen molar-refractivity contribution in [1.82, 2.24) is 14.5 Å². The summed E-state index contributed by atoms with van der Waals surface area (Å²) in [7, 11) is 0. The summed E-state index contributed by atoms with van der Waals surface area (Å²) in [4.78, 5) is 22.0. The molecule has 0 saturated carbocycles. The number of rotatable bonds is 2. The molecule has 1 aliphatic heterocycles. The molecule has 2 aromatic heterocycles. The lowest BCUT2D eigenvalue weighted by Crippen LogP contribution is -2.33. The van der Waals surface area contributed by atoms with Crippen molar-refractivity contribution in [1.29, 1.82) is 0 Å². The number of nitrogens with one attached hydrogen (secondary N) is 2. The summed E-state index contributed by atoms with van der Waals surface area (Å²) in [6, 6.07) is 22.4. The molecule has 0 spiro atoms. The van der Waals surface area contributed by atoms with Crippen LogP contribution in [-0.4, -0.2) is 20.3 Å². The van der Waals surface area contributed by atoms with Crippen LogP contribution >= 0.6 is 0 Å². The van der Waals surface area contributed by atoms with Gasteiger partial charge in [-0.1, -0.05) is 42.5 Å². The summed E-state index contributed by atoms with van der Waals surface area (Å²) in [5.74, 6) is 0.582. The predicted octanol–water partition coefficient (Wildman–Crippen LogP) is 6.07. The highest BCUT2D eigenvalue weighted by Gasteiger charge is 2.40. The third kappa shape index (κ3) is 2.78. The first kappa shape index (κ1) is 19.3. The highest BCUT2D eigenvalue weighted by Crippen LogP contribution is 2.47. The van der Waals surface area contributed by atoms with Gasteiger partial charge in [0.05, 0.1) is 17.1 Å². The number of hydrogen-bond acceptors (Lipinski definition) is 3. The summed E-state index contributed by atoms with van der Waals surface area (Å²) in [6.45, 7) is 0. The maximum absolute atomic E-state index is 13.8. The lowest BCUT2D eigenvalue weighted by molar-refractivity contribution is -0.116. The number of nitrogens with zero attached hydrogens (tertiary/aromatic N) is 2. The van der Waals surface area contributed by atoms with Crippen molar-refractivity contribution < 1.29 is 9.18 Å². The van der Waals surface area contributed by atoms with Gasteiger partial charge in [-0.05, 0) is 48.2 Å². The number of aromatic amines is 1. The van der Waals surface area contributed by atoms with E-state index in [2.05, 4.69) is 33.1 Å². The number of halogens is 1. The van der Waals surface area contributed by atoms with E-state index in [1.54, 1.807) is 12.1 Å². The first-order valence-electron chi connectivity index (χ1n) is 11.5. The van der Waals surface area contributed by atoms with Crippen LogP contribution in [0.3, 0.4) is 0 Å². The summed E-state index contributed by atoms with van der Waals surface area (Å²) in [5, 5.41) is 4.59. The van der Waals surface area contributed by atoms with Gasteiger partial charge < -0.3 is 10.3 Å². The van der Waals surface area contributed by atoms with Crippen molar-refractivity contribution in [2.45, 2.75) is 24.8 Å². The Hall–Kier alpha value is -4.19. The molecule has 3 heterocycles. The van der Waals surface area contributed by atoms with Gasteiger partial charge in [-0.25, -0.2) is 9.37 Å².